The second kappa shape index (κ2) is 9.59. The number of fused-ring (bicyclic) bond motifs is 7. The van der Waals surface area contributed by atoms with Gasteiger partial charge in [-0.3, -0.25) is 4.90 Å². The largest absolute Gasteiger partial charge is 0.478 e. The molecule has 2 aromatic carbocycles. The van der Waals surface area contributed by atoms with Crippen LogP contribution in [-0.2, 0) is 6.54 Å². The number of benzene rings is 2. The highest BCUT2D eigenvalue weighted by Crippen LogP contribution is 2.51. The summed E-state index contributed by atoms with van der Waals surface area (Å²) in [5.74, 6) is 0.266. The first-order chi connectivity index (χ1) is 18.2. The molecular weight excluding hydrogens is 458 g/mol. The molecule has 0 radical (unpaired) electrons. The van der Waals surface area contributed by atoms with Crippen LogP contribution in [0.3, 0.4) is 0 Å². The Hall–Kier alpha value is -2.63. The maximum absolute atomic E-state index is 12.0. The molecule has 2 atom stereocenters. The number of likely N-dealkylation sites (tertiary alicyclic amines) is 2. The molecule has 0 bridgehead atoms. The Bertz CT molecular complexity index is 1320. The molecule has 0 amide bonds. The van der Waals surface area contributed by atoms with E-state index in [-0.39, 0.29) is 0 Å². The molecule has 5 nitrogen and oxygen atoms in total. The summed E-state index contributed by atoms with van der Waals surface area (Å²) in [7, 11) is 0. The van der Waals surface area contributed by atoms with Gasteiger partial charge in [-0.15, -0.1) is 0 Å². The first-order valence-electron chi connectivity index (χ1n) is 14.6. The summed E-state index contributed by atoms with van der Waals surface area (Å²) in [6.07, 6.45) is 10.3. The van der Waals surface area contributed by atoms with Crippen molar-refractivity contribution in [3.05, 3.63) is 59.2 Å². The van der Waals surface area contributed by atoms with Gasteiger partial charge in [-0.1, -0.05) is 49.6 Å². The molecule has 1 saturated carbocycles. The summed E-state index contributed by atoms with van der Waals surface area (Å²) in [5, 5.41) is 11.1. The molecule has 3 aliphatic heterocycles. The molecule has 1 N–H and O–H groups in total. The highest BCUT2D eigenvalue weighted by atomic mass is 16.4. The van der Waals surface area contributed by atoms with Gasteiger partial charge in [0.15, 0.2) is 0 Å². The lowest BCUT2D eigenvalue weighted by Gasteiger charge is -2.30. The van der Waals surface area contributed by atoms with E-state index >= 15 is 0 Å². The van der Waals surface area contributed by atoms with Gasteiger partial charge in [0.1, 0.15) is 0 Å². The highest BCUT2D eigenvalue weighted by Gasteiger charge is 2.41. The molecule has 1 aromatic heterocycles. The summed E-state index contributed by atoms with van der Waals surface area (Å²) < 4.78 is 2.54. The fourth-order valence-electron chi connectivity index (χ4n) is 8.09. The third kappa shape index (κ3) is 4.02. The maximum Gasteiger partial charge on any atom is 0.335 e. The lowest BCUT2D eigenvalue weighted by atomic mass is 9.81. The normalized spacial score (nSPS) is 24.6. The van der Waals surface area contributed by atoms with Gasteiger partial charge < -0.3 is 14.6 Å². The Morgan fingerprint density at radius 2 is 1.70 bits per heavy atom. The van der Waals surface area contributed by atoms with Gasteiger partial charge in [-0.2, -0.15) is 0 Å². The Labute approximate surface area is 220 Å². The van der Waals surface area contributed by atoms with E-state index in [0.29, 0.717) is 23.4 Å². The van der Waals surface area contributed by atoms with Crippen molar-refractivity contribution < 1.29 is 9.90 Å². The second-order valence-corrected chi connectivity index (χ2v) is 11.9. The van der Waals surface area contributed by atoms with E-state index < -0.39 is 5.97 Å². The number of carboxylic acids is 1. The maximum atomic E-state index is 12.0. The van der Waals surface area contributed by atoms with Crippen LogP contribution in [0.1, 0.15) is 84.8 Å². The number of aromatic carboxylic acids is 1. The number of carboxylic acid groups (broad SMARTS) is 1. The van der Waals surface area contributed by atoms with E-state index in [1.807, 2.05) is 12.1 Å². The summed E-state index contributed by atoms with van der Waals surface area (Å²) in [6.45, 7) is 6.96. The van der Waals surface area contributed by atoms with Crippen molar-refractivity contribution in [2.45, 2.75) is 69.9 Å². The van der Waals surface area contributed by atoms with Crippen LogP contribution in [0.5, 0.6) is 0 Å². The van der Waals surface area contributed by atoms with Crippen LogP contribution in [0.2, 0.25) is 0 Å². The predicted molar refractivity (Wildman–Crippen MR) is 148 cm³/mol. The summed E-state index contributed by atoms with van der Waals surface area (Å²) >= 11 is 0. The molecule has 3 aromatic rings. The van der Waals surface area contributed by atoms with E-state index in [2.05, 4.69) is 44.7 Å². The van der Waals surface area contributed by atoms with Crippen LogP contribution in [0.4, 0.5) is 0 Å². The minimum absolute atomic E-state index is 0.399. The van der Waals surface area contributed by atoms with E-state index in [9.17, 15) is 9.90 Å². The number of hydrogen-bond acceptors (Lipinski definition) is 3. The van der Waals surface area contributed by atoms with Crippen molar-refractivity contribution >= 4 is 16.9 Å². The van der Waals surface area contributed by atoms with Gasteiger partial charge in [0.25, 0.3) is 0 Å². The number of aromatic nitrogens is 1. The highest BCUT2D eigenvalue weighted by molar-refractivity contribution is 5.98. The zero-order valence-electron chi connectivity index (χ0n) is 21.9. The zero-order chi connectivity index (χ0) is 24.9. The van der Waals surface area contributed by atoms with E-state index in [4.69, 9.17) is 0 Å². The number of carbonyl (C=O) groups is 1. The van der Waals surface area contributed by atoms with Gasteiger partial charge in [0, 0.05) is 42.1 Å². The van der Waals surface area contributed by atoms with Crippen molar-refractivity contribution in [3.8, 4) is 11.3 Å². The Morgan fingerprint density at radius 1 is 0.892 bits per heavy atom. The molecule has 2 saturated heterocycles. The minimum atomic E-state index is -0.836. The molecule has 5 heteroatoms. The van der Waals surface area contributed by atoms with Crippen LogP contribution in [0.15, 0.2) is 42.5 Å². The molecule has 0 spiro atoms. The van der Waals surface area contributed by atoms with Gasteiger partial charge in [0.05, 0.1) is 11.3 Å². The van der Waals surface area contributed by atoms with Crippen LogP contribution in [-0.4, -0.2) is 58.2 Å². The monoisotopic (exact) mass is 497 g/mol. The quantitative estimate of drug-likeness (QED) is 0.436. The molecule has 3 fully saturated rings. The smallest absolute Gasteiger partial charge is 0.335 e. The van der Waals surface area contributed by atoms with Gasteiger partial charge in [0.2, 0.25) is 0 Å². The topological polar surface area (TPSA) is 48.7 Å². The molecule has 2 unspecified atom stereocenters. The molecule has 194 valence electrons. The number of hydrogen-bond donors (Lipinski definition) is 1. The van der Waals surface area contributed by atoms with Crippen molar-refractivity contribution in [2.24, 2.45) is 5.92 Å². The van der Waals surface area contributed by atoms with Crippen molar-refractivity contribution in [1.82, 2.24) is 14.4 Å². The van der Waals surface area contributed by atoms with Crippen LogP contribution in [0, 0.1) is 5.92 Å². The van der Waals surface area contributed by atoms with Crippen molar-refractivity contribution in [2.75, 3.05) is 32.7 Å². The van der Waals surface area contributed by atoms with Crippen LogP contribution in [0.25, 0.3) is 22.2 Å². The summed E-state index contributed by atoms with van der Waals surface area (Å²) in [6, 6.07) is 15.5. The molecule has 37 heavy (non-hydrogen) atoms. The van der Waals surface area contributed by atoms with Gasteiger partial charge in [-0.25, -0.2) is 4.79 Å². The summed E-state index contributed by atoms with van der Waals surface area (Å²) in [4.78, 5) is 17.4. The Kier molecular flexibility index (Phi) is 6.09. The SMILES string of the molecule is O=C(O)c1ccc2c(C3CCCCC3)c3n(c2c1)CC1CCN(CCN2CCCC2)C1c1ccccc1-3. The molecule has 4 aliphatic rings. The Balaban J connectivity index is 1.37. The van der Waals surface area contributed by atoms with E-state index in [1.165, 1.54) is 98.8 Å². The number of nitrogens with zero attached hydrogens (tertiary/aromatic N) is 3. The van der Waals surface area contributed by atoms with Crippen molar-refractivity contribution in [1.29, 1.82) is 0 Å². The van der Waals surface area contributed by atoms with Crippen LogP contribution < -0.4 is 0 Å². The average Bonchev–Trinajstić information content (AvgIpc) is 3.64. The predicted octanol–water partition coefficient (Wildman–Crippen LogP) is 6.53. The molecule has 7 rings (SSSR count). The van der Waals surface area contributed by atoms with Gasteiger partial charge in [-0.05, 0) is 86.8 Å². The number of rotatable bonds is 5. The molecule has 4 heterocycles. The molecular formula is C32H39N3O2. The molecule has 1 aliphatic carbocycles. The first-order valence-corrected chi connectivity index (χ1v) is 14.6. The lowest BCUT2D eigenvalue weighted by molar-refractivity contribution is 0.0697. The van der Waals surface area contributed by atoms with E-state index in [0.717, 1.165) is 25.2 Å². The zero-order valence-corrected chi connectivity index (χ0v) is 21.9. The Morgan fingerprint density at radius 3 is 2.51 bits per heavy atom. The lowest BCUT2D eigenvalue weighted by Crippen LogP contribution is -2.34. The fraction of sp³-hybridized carbons (Fsp3) is 0.531. The minimum Gasteiger partial charge on any atom is -0.478 e. The van der Waals surface area contributed by atoms with Crippen molar-refractivity contribution in [3.63, 3.8) is 0 Å². The third-order valence-corrected chi connectivity index (χ3v) is 9.84. The van der Waals surface area contributed by atoms with Crippen LogP contribution >= 0.6 is 0 Å². The van der Waals surface area contributed by atoms with E-state index in [1.54, 1.807) is 0 Å². The second-order valence-electron chi connectivity index (χ2n) is 11.9. The first kappa shape index (κ1) is 23.5. The van der Waals surface area contributed by atoms with Gasteiger partial charge >= 0.3 is 5.97 Å². The summed E-state index contributed by atoms with van der Waals surface area (Å²) in [5.41, 5.74) is 7.27. The average molecular weight is 498 g/mol. The fourth-order valence-corrected chi connectivity index (χ4v) is 8.09. The third-order valence-electron chi connectivity index (χ3n) is 9.84. The standard InChI is InChI=1S/C32H39N3O2/c36-32(37)23-12-13-27-28(20-23)35-21-24-14-17-34(19-18-33-15-6-7-16-33)30(24)25-10-4-5-11-26(25)31(35)29(27)22-8-2-1-3-9-22/h4-5,10-13,20,22,24,30H,1-3,6-9,14-19,21H2,(H,36,37).